The van der Waals surface area contributed by atoms with Crippen LogP contribution in [-0.2, 0) is 13.0 Å². The third-order valence-electron chi connectivity index (χ3n) is 5.62. The van der Waals surface area contributed by atoms with Gasteiger partial charge in [0.25, 0.3) is 11.5 Å². The molecule has 0 aliphatic carbocycles. The molecule has 1 aromatic heterocycles. The Kier molecular flexibility index (Phi) is 5.09. The Morgan fingerprint density at radius 3 is 2.54 bits per heavy atom. The third-order valence-corrected chi connectivity index (χ3v) is 5.62. The van der Waals surface area contributed by atoms with Gasteiger partial charge in [-0.2, -0.15) is 0 Å². The molecule has 0 saturated carbocycles. The summed E-state index contributed by atoms with van der Waals surface area (Å²) in [5, 5.41) is 13.3. The Bertz CT molecular complexity index is 930. The molecule has 2 aromatic rings. The number of hydrogen-bond donors (Lipinski definition) is 3. The van der Waals surface area contributed by atoms with Crippen molar-refractivity contribution in [2.45, 2.75) is 32.2 Å². The summed E-state index contributed by atoms with van der Waals surface area (Å²) in [5.41, 5.74) is 2.29. The number of H-pyrrole nitrogens is 1. The Hall–Kier alpha value is -2.80. The summed E-state index contributed by atoms with van der Waals surface area (Å²) in [7, 11) is 1.94. The number of likely N-dealkylation sites (N-methyl/N-ethyl adjacent to an activating group) is 1. The minimum absolute atomic E-state index is 0.215. The number of amides is 1. The maximum absolute atomic E-state index is 12.7. The van der Waals surface area contributed by atoms with Gasteiger partial charge in [0.05, 0.1) is 0 Å². The summed E-state index contributed by atoms with van der Waals surface area (Å²) in [6.45, 7) is 3.41. The number of fused-ring (bicyclic) bond motifs is 1. The van der Waals surface area contributed by atoms with E-state index in [0.29, 0.717) is 29.9 Å². The Morgan fingerprint density at radius 2 is 1.82 bits per heavy atom. The van der Waals surface area contributed by atoms with Crippen LogP contribution in [-0.4, -0.2) is 47.6 Å². The van der Waals surface area contributed by atoms with Gasteiger partial charge in [-0.3, -0.25) is 9.59 Å². The van der Waals surface area contributed by atoms with E-state index in [-0.39, 0.29) is 11.3 Å². The second-order valence-electron chi connectivity index (χ2n) is 7.67. The molecular formula is C21H26N4O3. The lowest BCUT2D eigenvalue weighted by atomic mass is 10.0. The van der Waals surface area contributed by atoms with Gasteiger partial charge < -0.3 is 25.2 Å². The zero-order valence-corrected chi connectivity index (χ0v) is 16.1. The highest BCUT2D eigenvalue weighted by molar-refractivity contribution is 6.06. The van der Waals surface area contributed by atoms with Gasteiger partial charge in [0.1, 0.15) is 11.3 Å². The minimum atomic E-state index is -0.597. The van der Waals surface area contributed by atoms with Crippen molar-refractivity contribution in [1.29, 1.82) is 0 Å². The van der Waals surface area contributed by atoms with Gasteiger partial charge in [-0.1, -0.05) is 0 Å². The number of aromatic nitrogens is 1. The van der Waals surface area contributed by atoms with Crippen LogP contribution in [0.2, 0.25) is 0 Å². The van der Waals surface area contributed by atoms with Crippen LogP contribution in [0.5, 0.6) is 5.75 Å². The van der Waals surface area contributed by atoms with E-state index in [1.807, 2.05) is 36.2 Å². The molecule has 0 atom stereocenters. The number of anilines is 2. The maximum atomic E-state index is 12.7. The van der Waals surface area contributed by atoms with Gasteiger partial charge in [-0.25, -0.2) is 0 Å². The molecular weight excluding hydrogens is 356 g/mol. The largest absolute Gasteiger partial charge is 0.506 e. The second-order valence-corrected chi connectivity index (χ2v) is 7.67. The van der Waals surface area contributed by atoms with Gasteiger partial charge in [-0.05, 0) is 50.6 Å². The normalized spacial score (nSPS) is 17.2. The summed E-state index contributed by atoms with van der Waals surface area (Å²) in [6.07, 6.45) is 4.33. The quantitative estimate of drug-likeness (QED) is 0.758. The summed E-state index contributed by atoms with van der Waals surface area (Å²) in [6, 6.07) is 7.62. The van der Waals surface area contributed by atoms with Crippen molar-refractivity contribution in [2.75, 3.05) is 36.9 Å². The molecule has 0 bridgehead atoms. The van der Waals surface area contributed by atoms with E-state index in [4.69, 9.17) is 0 Å². The number of aromatic hydroxyl groups is 1. The molecule has 1 fully saturated rings. The zero-order chi connectivity index (χ0) is 19.7. The fraction of sp³-hybridized carbons (Fsp3) is 0.429. The van der Waals surface area contributed by atoms with Crippen LogP contribution in [0.3, 0.4) is 0 Å². The molecule has 4 rings (SSSR count). The van der Waals surface area contributed by atoms with Crippen molar-refractivity contribution in [3.8, 4) is 5.75 Å². The molecule has 0 radical (unpaired) electrons. The first-order chi connectivity index (χ1) is 13.5. The smallest absolute Gasteiger partial charge is 0.265 e. The zero-order valence-electron chi connectivity index (χ0n) is 16.1. The number of piperidine rings is 1. The fourth-order valence-electron chi connectivity index (χ4n) is 4.02. The topological polar surface area (TPSA) is 88.7 Å². The molecule has 2 aliphatic heterocycles. The average Bonchev–Trinajstić information content (AvgIpc) is 2.70. The third kappa shape index (κ3) is 3.62. The molecule has 1 amide bonds. The highest BCUT2D eigenvalue weighted by atomic mass is 16.3. The summed E-state index contributed by atoms with van der Waals surface area (Å²) < 4.78 is 0. The average molecular weight is 382 g/mol. The number of nitrogens with one attached hydrogen (secondary N) is 2. The van der Waals surface area contributed by atoms with Crippen LogP contribution < -0.4 is 15.8 Å². The van der Waals surface area contributed by atoms with Gasteiger partial charge >= 0.3 is 0 Å². The van der Waals surface area contributed by atoms with E-state index in [9.17, 15) is 14.7 Å². The number of rotatable bonds is 3. The van der Waals surface area contributed by atoms with Crippen molar-refractivity contribution in [2.24, 2.45) is 0 Å². The summed E-state index contributed by atoms with van der Waals surface area (Å²) >= 11 is 0. The SMILES string of the molecule is CN1CCc2[nH]c(=O)c(C(=O)Nc3ccc(N4CCCCC4)cc3)c(O)c2C1. The van der Waals surface area contributed by atoms with Gasteiger partial charge in [0.15, 0.2) is 0 Å². The molecule has 0 spiro atoms. The molecule has 7 heteroatoms. The number of pyridine rings is 1. The lowest BCUT2D eigenvalue weighted by Gasteiger charge is -2.28. The summed E-state index contributed by atoms with van der Waals surface area (Å²) in [4.78, 5) is 32.2. The molecule has 0 unspecified atom stereocenters. The van der Waals surface area contributed by atoms with Gasteiger partial charge in [0, 0.05) is 55.2 Å². The highest BCUT2D eigenvalue weighted by Crippen LogP contribution is 2.28. The van der Waals surface area contributed by atoms with Crippen LogP contribution >= 0.6 is 0 Å². The number of aromatic amines is 1. The molecule has 1 aromatic carbocycles. The van der Waals surface area contributed by atoms with E-state index >= 15 is 0 Å². The predicted octanol–water partition coefficient (Wildman–Crippen LogP) is 2.31. The van der Waals surface area contributed by atoms with Gasteiger partial charge in [0.2, 0.25) is 0 Å². The van der Waals surface area contributed by atoms with E-state index in [1.165, 1.54) is 19.3 Å². The fourth-order valence-corrected chi connectivity index (χ4v) is 4.02. The molecule has 2 aliphatic rings. The Balaban J connectivity index is 1.54. The molecule has 3 heterocycles. The first kappa shape index (κ1) is 18.6. The van der Waals surface area contributed by atoms with Crippen LogP contribution in [0, 0.1) is 0 Å². The van der Waals surface area contributed by atoms with E-state index in [1.54, 1.807) is 0 Å². The maximum Gasteiger partial charge on any atom is 0.265 e. The molecule has 7 nitrogen and oxygen atoms in total. The van der Waals surface area contributed by atoms with Crippen LogP contribution in [0.4, 0.5) is 11.4 Å². The Labute approximate surface area is 164 Å². The monoisotopic (exact) mass is 382 g/mol. The van der Waals surface area contributed by atoms with Crippen molar-refractivity contribution < 1.29 is 9.90 Å². The van der Waals surface area contributed by atoms with Crippen LogP contribution in [0.15, 0.2) is 29.1 Å². The summed E-state index contributed by atoms with van der Waals surface area (Å²) in [5.74, 6) is -0.812. The molecule has 1 saturated heterocycles. The van der Waals surface area contributed by atoms with Crippen molar-refractivity contribution in [3.05, 3.63) is 51.4 Å². The van der Waals surface area contributed by atoms with Crippen molar-refractivity contribution >= 4 is 17.3 Å². The first-order valence-corrected chi connectivity index (χ1v) is 9.85. The number of benzene rings is 1. The van der Waals surface area contributed by atoms with Crippen LogP contribution in [0.1, 0.15) is 40.9 Å². The van der Waals surface area contributed by atoms with E-state index in [0.717, 1.165) is 25.3 Å². The van der Waals surface area contributed by atoms with Crippen molar-refractivity contribution in [1.82, 2.24) is 9.88 Å². The number of hydrogen-bond acceptors (Lipinski definition) is 5. The first-order valence-electron chi connectivity index (χ1n) is 9.85. The number of nitrogens with zero attached hydrogens (tertiary/aromatic N) is 2. The van der Waals surface area contributed by atoms with E-state index in [2.05, 4.69) is 15.2 Å². The highest BCUT2D eigenvalue weighted by Gasteiger charge is 2.25. The van der Waals surface area contributed by atoms with Gasteiger partial charge in [-0.15, -0.1) is 0 Å². The molecule has 28 heavy (non-hydrogen) atoms. The lowest BCUT2D eigenvalue weighted by molar-refractivity contribution is 0.102. The van der Waals surface area contributed by atoms with Crippen molar-refractivity contribution in [3.63, 3.8) is 0 Å². The number of carbonyl (C=O) groups excluding carboxylic acids is 1. The number of carbonyl (C=O) groups is 1. The standard InChI is InChI=1S/C21H26N4O3/c1-24-12-9-17-16(13-24)19(26)18(21(28)23-17)20(27)22-14-5-7-15(8-6-14)25-10-3-2-4-11-25/h5-8H,2-4,9-13H2,1H3,(H,22,27)(H2,23,26,28). The Morgan fingerprint density at radius 1 is 1.11 bits per heavy atom. The lowest BCUT2D eigenvalue weighted by Crippen LogP contribution is -2.32. The second kappa shape index (κ2) is 7.67. The van der Waals surface area contributed by atoms with Crippen LogP contribution in [0.25, 0.3) is 0 Å². The van der Waals surface area contributed by atoms with E-state index < -0.39 is 11.5 Å². The molecule has 148 valence electrons. The predicted molar refractivity (Wildman–Crippen MR) is 109 cm³/mol. The minimum Gasteiger partial charge on any atom is -0.506 e. The molecule has 3 N–H and O–H groups in total.